The zero-order valence-corrected chi connectivity index (χ0v) is 16.1. The molecule has 1 aromatic heterocycles. The van der Waals surface area contributed by atoms with Gasteiger partial charge in [0.25, 0.3) is 10.0 Å². The van der Waals surface area contributed by atoms with Gasteiger partial charge in [-0.15, -0.1) is 0 Å². The van der Waals surface area contributed by atoms with Crippen molar-refractivity contribution >= 4 is 20.9 Å². The Hall–Kier alpha value is -2.96. The summed E-state index contributed by atoms with van der Waals surface area (Å²) in [4.78, 5) is 2.95. The van der Waals surface area contributed by atoms with E-state index in [1.54, 1.807) is 18.2 Å². The van der Waals surface area contributed by atoms with Crippen molar-refractivity contribution in [2.75, 3.05) is 0 Å². The first kappa shape index (κ1) is 18.4. The van der Waals surface area contributed by atoms with Crippen molar-refractivity contribution in [1.29, 1.82) is 0 Å². The lowest BCUT2D eigenvalue weighted by atomic mass is 10.0. The highest BCUT2D eigenvalue weighted by Crippen LogP contribution is 2.22. The predicted molar refractivity (Wildman–Crippen MR) is 109 cm³/mol. The number of aryl methyl sites for hydroxylation is 1. The molecule has 1 heterocycles. The molecule has 0 saturated carbocycles. The Kier molecular flexibility index (Phi) is 4.75. The molecule has 0 atom stereocenters. The van der Waals surface area contributed by atoms with E-state index in [9.17, 15) is 12.8 Å². The number of aromatic nitrogens is 1. The number of sulfonamides is 1. The van der Waals surface area contributed by atoms with Gasteiger partial charge in [0.1, 0.15) is 10.8 Å². The molecule has 2 N–H and O–H groups in total. The number of halogens is 1. The number of aromatic amines is 1. The Labute approximate surface area is 163 Å². The number of hydrogen-bond donors (Lipinski definition) is 2. The second-order valence-corrected chi connectivity index (χ2v) is 8.49. The molecule has 0 bridgehead atoms. The van der Waals surface area contributed by atoms with E-state index in [0.717, 1.165) is 33.2 Å². The summed E-state index contributed by atoms with van der Waals surface area (Å²) in [5, 5.41) is 1.01. The molecule has 4 aromatic rings. The average molecular weight is 394 g/mol. The summed E-state index contributed by atoms with van der Waals surface area (Å²) in [6.45, 7) is 2.15. The van der Waals surface area contributed by atoms with Crippen molar-refractivity contribution in [2.45, 2.75) is 18.5 Å². The number of H-pyrrole nitrogens is 1. The first-order chi connectivity index (χ1) is 13.4. The lowest BCUT2D eigenvalue weighted by molar-refractivity contribution is 0.578. The number of benzene rings is 3. The largest absolute Gasteiger partial charge is 0.345 e. The third kappa shape index (κ3) is 3.83. The highest BCUT2D eigenvalue weighted by molar-refractivity contribution is 7.89. The van der Waals surface area contributed by atoms with Gasteiger partial charge in [-0.1, -0.05) is 48.0 Å². The predicted octanol–water partition coefficient (Wildman–Crippen LogP) is 4.76. The van der Waals surface area contributed by atoms with Crippen molar-refractivity contribution in [3.05, 3.63) is 89.7 Å². The SMILES string of the molecule is Cc1ccc2[nH]c(S(=O)(=O)NCc3ccc(-c4ccc(F)cc4)cc3)cc2c1. The fourth-order valence-corrected chi connectivity index (χ4v) is 4.12. The first-order valence-electron chi connectivity index (χ1n) is 8.85. The highest BCUT2D eigenvalue weighted by Gasteiger charge is 2.16. The maximum Gasteiger partial charge on any atom is 0.256 e. The minimum atomic E-state index is -3.65. The lowest BCUT2D eigenvalue weighted by Gasteiger charge is -2.07. The third-order valence-electron chi connectivity index (χ3n) is 4.64. The zero-order chi connectivity index (χ0) is 19.7. The van der Waals surface area contributed by atoms with E-state index < -0.39 is 10.0 Å². The number of rotatable bonds is 5. The van der Waals surface area contributed by atoms with Gasteiger partial charge in [-0.05, 0) is 53.9 Å². The van der Waals surface area contributed by atoms with Crippen molar-refractivity contribution in [1.82, 2.24) is 9.71 Å². The molecule has 6 heteroatoms. The van der Waals surface area contributed by atoms with Gasteiger partial charge in [0.15, 0.2) is 0 Å². The molecule has 142 valence electrons. The van der Waals surface area contributed by atoms with Crippen LogP contribution in [0.3, 0.4) is 0 Å². The monoisotopic (exact) mass is 394 g/mol. The van der Waals surface area contributed by atoms with Crippen molar-refractivity contribution in [3.63, 3.8) is 0 Å². The molecule has 0 radical (unpaired) electrons. The number of nitrogens with one attached hydrogen (secondary N) is 2. The average Bonchev–Trinajstić information content (AvgIpc) is 3.12. The van der Waals surface area contributed by atoms with E-state index in [2.05, 4.69) is 9.71 Å². The summed E-state index contributed by atoms with van der Waals surface area (Å²) >= 11 is 0. The summed E-state index contributed by atoms with van der Waals surface area (Å²) in [5.41, 5.74) is 4.54. The topological polar surface area (TPSA) is 62.0 Å². The van der Waals surface area contributed by atoms with Crippen LogP contribution in [0.1, 0.15) is 11.1 Å². The van der Waals surface area contributed by atoms with Crippen LogP contribution in [-0.2, 0) is 16.6 Å². The van der Waals surface area contributed by atoms with Gasteiger partial charge in [0.2, 0.25) is 0 Å². The fraction of sp³-hybridized carbons (Fsp3) is 0.0909. The van der Waals surface area contributed by atoms with E-state index in [0.29, 0.717) is 0 Å². The minimum absolute atomic E-state index is 0.149. The third-order valence-corrected chi connectivity index (χ3v) is 5.96. The summed E-state index contributed by atoms with van der Waals surface area (Å²) < 4.78 is 40.9. The van der Waals surface area contributed by atoms with Crippen molar-refractivity contribution < 1.29 is 12.8 Å². The van der Waals surface area contributed by atoms with E-state index in [4.69, 9.17) is 0 Å². The highest BCUT2D eigenvalue weighted by atomic mass is 32.2. The quantitative estimate of drug-likeness (QED) is 0.513. The standard InChI is InChI=1S/C22H19FN2O2S/c1-15-2-11-21-19(12-15)13-22(25-21)28(26,27)24-14-16-3-5-17(6-4-16)18-7-9-20(23)10-8-18/h2-13,24-25H,14H2,1H3. The Morgan fingerprint density at radius 1 is 0.893 bits per heavy atom. The van der Waals surface area contributed by atoms with Crippen LogP contribution in [0.2, 0.25) is 0 Å². The second-order valence-electron chi connectivity index (χ2n) is 6.75. The smallest absolute Gasteiger partial charge is 0.256 e. The summed E-state index contributed by atoms with van der Waals surface area (Å²) in [7, 11) is -3.65. The Balaban J connectivity index is 1.48. The van der Waals surface area contributed by atoms with Gasteiger partial charge in [-0.3, -0.25) is 0 Å². The van der Waals surface area contributed by atoms with E-state index >= 15 is 0 Å². The molecule has 0 spiro atoms. The van der Waals surface area contributed by atoms with Crippen LogP contribution >= 0.6 is 0 Å². The first-order valence-corrected chi connectivity index (χ1v) is 10.3. The van der Waals surface area contributed by atoms with Crippen LogP contribution in [0.4, 0.5) is 4.39 Å². The van der Waals surface area contributed by atoms with Gasteiger partial charge >= 0.3 is 0 Å². The molecular weight excluding hydrogens is 375 g/mol. The molecule has 28 heavy (non-hydrogen) atoms. The van der Waals surface area contributed by atoms with Crippen LogP contribution in [-0.4, -0.2) is 13.4 Å². The van der Waals surface area contributed by atoms with Crippen molar-refractivity contribution in [2.24, 2.45) is 0 Å². The number of fused-ring (bicyclic) bond motifs is 1. The van der Waals surface area contributed by atoms with Gasteiger partial charge in [0, 0.05) is 17.4 Å². The van der Waals surface area contributed by atoms with Crippen LogP contribution in [0, 0.1) is 12.7 Å². The molecule has 0 aliphatic rings. The van der Waals surface area contributed by atoms with E-state index in [1.165, 1.54) is 12.1 Å². The Morgan fingerprint density at radius 2 is 1.54 bits per heavy atom. The van der Waals surface area contributed by atoms with Gasteiger partial charge in [-0.25, -0.2) is 17.5 Å². The van der Waals surface area contributed by atoms with Crippen LogP contribution in [0.5, 0.6) is 0 Å². The van der Waals surface area contributed by atoms with E-state index in [1.807, 2.05) is 49.4 Å². The van der Waals surface area contributed by atoms with Crippen LogP contribution < -0.4 is 4.72 Å². The normalized spacial score (nSPS) is 11.8. The molecule has 0 saturated heterocycles. The molecule has 0 fully saturated rings. The molecule has 4 nitrogen and oxygen atoms in total. The molecule has 0 aliphatic heterocycles. The molecule has 3 aromatic carbocycles. The lowest BCUT2D eigenvalue weighted by Crippen LogP contribution is -2.23. The maximum atomic E-state index is 13.0. The van der Waals surface area contributed by atoms with Crippen molar-refractivity contribution in [3.8, 4) is 11.1 Å². The van der Waals surface area contributed by atoms with Gasteiger partial charge < -0.3 is 4.98 Å². The van der Waals surface area contributed by atoms with E-state index in [-0.39, 0.29) is 17.4 Å². The molecule has 0 unspecified atom stereocenters. The number of hydrogen-bond acceptors (Lipinski definition) is 2. The summed E-state index contributed by atoms with van der Waals surface area (Å²) in [5.74, 6) is -0.276. The Morgan fingerprint density at radius 3 is 2.21 bits per heavy atom. The Bertz CT molecular complexity index is 1230. The molecule has 4 rings (SSSR count). The molecule has 0 amide bonds. The van der Waals surface area contributed by atoms with Gasteiger partial charge in [0.05, 0.1) is 0 Å². The maximum absolute atomic E-state index is 13.0. The van der Waals surface area contributed by atoms with Gasteiger partial charge in [-0.2, -0.15) is 0 Å². The van der Waals surface area contributed by atoms with Crippen LogP contribution in [0.25, 0.3) is 22.0 Å². The molecular formula is C22H19FN2O2S. The minimum Gasteiger partial charge on any atom is -0.345 e. The second kappa shape index (κ2) is 7.22. The summed E-state index contributed by atoms with van der Waals surface area (Å²) in [6.07, 6.45) is 0. The van der Waals surface area contributed by atoms with Crippen LogP contribution in [0.15, 0.2) is 77.8 Å². The fourth-order valence-electron chi connectivity index (χ4n) is 3.08. The molecule has 0 aliphatic carbocycles. The summed E-state index contributed by atoms with van der Waals surface area (Å²) in [6, 6.07) is 21.1. The zero-order valence-electron chi connectivity index (χ0n) is 15.2.